The molecule has 0 amide bonds. The van der Waals surface area contributed by atoms with Crippen LogP contribution in [0.15, 0.2) is 47.4 Å². The zero-order valence-corrected chi connectivity index (χ0v) is 14.4. The molecule has 26 heavy (non-hydrogen) atoms. The number of alkyl halides is 1. The smallest absolute Gasteiger partial charge is 0.212 e. The molecule has 5 rings (SSSR count). The SMILES string of the molecule is N=c1nc2c3ncccc3c(=O)c3[nH]c4ccccc4c(c1CCCl)c32. The van der Waals surface area contributed by atoms with Gasteiger partial charge < -0.3 is 4.98 Å². The molecule has 126 valence electrons. The summed E-state index contributed by atoms with van der Waals surface area (Å²) in [6.07, 6.45) is 2.16. The van der Waals surface area contributed by atoms with E-state index in [0.717, 1.165) is 27.2 Å². The second-order valence-electron chi connectivity index (χ2n) is 6.25. The number of aryl methyl sites for hydroxylation is 1. The molecule has 0 aliphatic carbocycles. The van der Waals surface area contributed by atoms with Crippen LogP contribution in [0.3, 0.4) is 0 Å². The molecule has 0 radical (unpaired) electrons. The molecular formula is C20H13ClN4O. The summed E-state index contributed by atoms with van der Waals surface area (Å²) in [4.78, 5) is 25.3. The standard InChI is InChI=1S/C20H13ClN4O/c21-8-7-11-14-10-4-1-2-6-13(10)24-18-15(14)17(25-20(11)22)16-12(19(18)26)5-3-9-23-16/h1-6,9,22,24H,7-8H2. The maximum Gasteiger partial charge on any atom is 0.212 e. The lowest BCUT2D eigenvalue weighted by atomic mass is 9.96. The summed E-state index contributed by atoms with van der Waals surface area (Å²) in [6.45, 7) is 0. The Kier molecular flexibility index (Phi) is 3.21. The third-order valence-corrected chi connectivity index (χ3v) is 5.04. The molecule has 0 atom stereocenters. The van der Waals surface area contributed by atoms with Crippen molar-refractivity contribution in [2.45, 2.75) is 6.42 Å². The Morgan fingerprint density at radius 1 is 1.04 bits per heavy atom. The lowest BCUT2D eigenvalue weighted by Gasteiger charge is -2.14. The van der Waals surface area contributed by atoms with Crippen molar-refractivity contribution in [1.29, 1.82) is 5.41 Å². The van der Waals surface area contributed by atoms with E-state index >= 15 is 0 Å². The van der Waals surface area contributed by atoms with Gasteiger partial charge in [0.2, 0.25) is 5.43 Å². The van der Waals surface area contributed by atoms with Crippen molar-refractivity contribution in [3.05, 3.63) is 63.9 Å². The van der Waals surface area contributed by atoms with Crippen LogP contribution in [0.1, 0.15) is 5.56 Å². The number of rotatable bonds is 2. The van der Waals surface area contributed by atoms with Crippen molar-refractivity contribution >= 4 is 55.2 Å². The highest BCUT2D eigenvalue weighted by atomic mass is 35.5. The Morgan fingerprint density at radius 2 is 1.85 bits per heavy atom. The number of H-pyrrole nitrogens is 1. The fourth-order valence-electron chi connectivity index (χ4n) is 3.76. The number of benzene rings is 2. The highest BCUT2D eigenvalue weighted by molar-refractivity contribution is 6.24. The predicted octanol–water partition coefficient (Wildman–Crippen LogP) is 3.48. The van der Waals surface area contributed by atoms with Crippen LogP contribution < -0.4 is 10.9 Å². The predicted molar refractivity (Wildman–Crippen MR) is 104 cm³/mol. The van der Waals surface area contributed by atoms with E-state index in [1.165, 1.54) is 0 Å². The van der Waals surface area contributed by atoms with Gasteiger partial charge in [-0.2, -0.15) is 0 Å². The number of fused-ring (bicyclic) bond motifs is 4. The lowest BCUT2D eigenvalue weighted by molar-refractivity contribution is 1.03. The summed E-state index contributed by atoms with van der Waals surface area (Å²) in [5.74, 6) is 0.382. The summed E-state index contributed by atoms with van der Waals surface area (Å²) >= 11 is 6.00. The van der Waals surface area contributed by atoms with E-state index in [0.29, 0.717) is 34.2 Å². The molecular weight excluding hydrogens is 348 g/mol. The Morgan fingerprint density at radius 3 is 2.69 bits per heavy atom. The zero-order chi connectivity index (χ0) is 17.8. The number of nitrogens with zero attached hydrogens (tertiary/aromatic N) is 2. The van der Waals surface area contributed by atoms with E-state index in [-0.39, 0.29) is 10.9 Å². The average molecular weight is 361 g/mol. The molecule has 0 unspecified atom stereocenters. The summed E-state index contributed by atoms with van der Waals surface area (Å²) < 4.78 is 0. The molecule has 3 aromatic heterocycles. The van der Waals surface area contributed by atoms with Crippen LogP contribution in [0.4, 0.5) is 0 Å². The van der Waals surface area contributed by atoms with Crippen molar-refractivity contribution in [1.82, 2.24) is 15.0 Å². The third kappa shape index (κ3) is 1.92. The molecule has 6 heteroatoms. The Balaban J connectivity index is 2.24. The van der Waals surface area contributed by atoms with Gasteiger partial charge >= 0.3 is 0 Å². The number of pyridine rings is 3. The van der Waals surface area contributed by atoms with Gasteiger partial charge in [-0.3, -0.25) is 15.2 Å². The van der Waals surface area contributed by atoms with Crippen LogP contribution in [-0.2, 0) is 6.42 Å². The van der Waals surface area contributed by atoms with E-state index in [2.05, 4.69) is 15.0 Å². The lowest BCUT2D eigenvalue weighted by Crippen LogP contribution is -2.17. The summed E-state index contributed by atoms with van der Waals surface area (Å²) in [7, 11) is 0. The van der Waals surface area contributed by atoms with Gasteiger partial charge in [0.25, 0.3) is 0 Å². The molecule has 5 aromatic rings. The minimum absolute atomic E-state index is 0.104. The molecule has 0 aliphatic rings. The molecule has 0 aliphatic heterocycles. The van der Waals surface area contributed by atoms with E-state index in [4.69, 9.17) is 17.0 Å². The van der Waals surface area contributed by atoms with Gasteiger partial charge in [-0.1, -0.05) is 18.2 Å². The van der Waals surface area contributed by atoms with Crippen LogP contribution in [-0.4, -0.2) is 20.8 Å². The van der Waals surface area contributed by atoms with Crippen molar-refractivity contribution in [2.24, 2.45) is 0 Å². The quantitative estimate of drug-likeness (QED) is 0.287. The van der Waals surface area contributed by atoms with Crippen LogP contribution in [0.2, 0.25) is 0 Å². The number of aromatic nitrogens is 3. The zero-order valence-electron chi connectivity index (χ0n) is 13.6. The van der Waals surface area contributed by atoms with Crippen LogP contribution in [0, 0.1) is 5.41 Å². The van der Waals surface area contributed by atoms with Crippen molar-refractivity contribution in [3.8, 4) is 0 Å². The first kappa shape index (κ1) is 15.2. The Hall–Kier alpha value is -3.05. The van der Waals surface area contributed by atoms with Gasteiger partial charge in [0.1, 0.15) is 16.5 Å². The maximum atomic E-state index is 13.1. The van der Waals surface area contributed by atoms with E-state index in [9.17, 15) is 4.79 Å². The largest absolute Gasteiger partial charge is 0.351 e. The summed E-state index contributed by atoms with van der Waals surface area (Å²) in [5, 5.41) is 11.5. The van der Waals surface area contributed by atoms with Crippen molar-refractivity contribution in [2.75, 3.05) is 5.88 Å². The Labute approximate surface area is 152 Å². The minimum Gasteiger partial charge on any atom is -0.351 e. The molecule has 0 saturated carbocycles. The van der Waals surface area contributed by atoms with Crippen LogP contribution >= 0.6 is 11.6 Å². The molecule has 0 fully saturated rings. The van der Waals surface area contributed by atoms with Gasteiger partial charge in [0.15, 0.2) is 0 Å². The van der Waals surface area contributed by atoms with E-state index in [1.807, 2.05) is 24.3 Å². The number of halogens is 1. The number of aromatic amines is 1. The van der Waals surface area contributed by atoms with Crippen LogP contribution in [0.25, 0.3) is 43.6 Å². The molecule has 5 nitrogen and oxygen atoms in total. The van der Waals surface area contributed by atoms with E-state index < -0.39 is 0 Å². The van der Waals surface area contributed by atoms with Crippen molar-refractivity contribution < 1.29 is 0 Å². The Bertz CT molecular complexity index is 1440. The first-order valence-electron chi connectivity index (χ1n) is 8.29. The summed E-state index contributed by atoms with van der Waals surface area (Å²) in [5.41, 5.74) is 3.30. The topological polar surface area (TPSA) is 82.5 Å². The second kappa shape index (κ2) is 5.47. The van der Waals surface area contributed by atoms with E-state index in [1.54, 1.807) is 18.3 Å². The normalized spacial score (nSPS) is 11.9. The van der Waals surface area contributed by atoms with Gasteiger partial charge in [-0.05, 0) is 24.6 Å². The van der Waals surface area contributed by atoms with Gasteiger partial charge in [0, 0.05) is 39.3 Å². The highest BCUT2D eigenvalue weighted by Crippen LogP contribution is 2.33. The van der Waals surface area contributed by atoms with Gasteiger partial charge in [0.05, 0.1) is 10.9 Å². The number of hydrogen-bond acceptors (Lipinski definition) is 4. The fourth-order valence-corrected chi connectivity index (χ4v) is 3.95. The van der Waals surface area contributed by atoms with Gasteiger partial charge in [-0.25, -0.2) is 4.98 Å². The molecule has 0 bridgehead atoms. The molecule has 0 saturated heterocycles. The van der Waals surface area contributed by atoms with Crippen LogP contribution in [0.5, 0.6) is 0 Å². The number of nitrogens with one attached hydrogen (secondary N) is 2. The monoisotopic (exact) mass is 360 g/mol. The minimum atomic E-state index is -0.104. The number of hydrogen-bond donors (Lipinski definition) is 2. The van der Waals surface area contributed by atoms with Crippen molar-refractivity contribution in [3.63, 3.8) is 0 Å². The summed E-state index contributed by atoms with van der Waals surface area (Å²) in [6, 6.07) is 11.3. The molecule has 0 spiro atoms. The molecule has 3 heterocycles. The third-order valence-electron chi connectivity index (χ3n) is 4.85. The maximum absolute atomic E-state index is 13.1. The molecule has 2 aromatic carbocycles. The molecule has 2 N–H and O–H groups in total. The van der Waals surface area contributed by atoms with Gasteiger partial charge in [-0.15, -0.1) is 11.6 Å². The number of para-hydroxylation sites is 1. The fraction of sp³-hybridized carbons (Fsp3) is 0.100. The second-order valence-corrected chi connectivity index (χ2v) is 6.63. The first-order chi connectivity index (χ1) is 12.7. The first-order valence-corrected chi connectivity index (χ1v) is 8.82. The highest BCUT2D eigenvalue weighted by Gasteiger charge is 2.19. The average Bonchev–Trinajstić information content (AvgIpc) is 2.67.